The molecule has 2 rings (SSSR count). The Hall–Kier alpha value is -3.05. The summed E-state index contributed by atoms with van der Waals surface area (Å²) in [6.07, 6.45) is 2.20. The molecule has 0 N–H and O–H groups in total. The van der Waals surface area contributed by atoms with Crippen molar-refractivity contribution in [3.63, 3.8) is 0 Å². The molecule has 0 spiro atoms. The van der Waals surface area contributed by atoms with E-state index in [9.17, 15) is 31.2 Å². The molecule has 0 atom stereocenters. The van der Waals surface area contributed by atoms with Gasteiger partial charge in [0.15, 0.2) is 32.9 Å². The van der Waals surface area contributed by atoms with Gasteiger partial charge in [0.25, 0.3) is 0 Å². The third kappa shape index (κ3) is 8.98. The van der Waals surface area contributed by atoms with Gasteiger partial charge in [-0.15, -0.1) is 0 Å². The van der Waals surface area contributed by atoms with Crippen molar-refractivity contribution < 1.29 is 40.7 Å². The van der Waals surface area contributed by atoms with Gasteiger partial charge in [0, 0.05) is 12.5 Å². The number of hydrogen-bond acceptors (Lipinski definition) is 9. The van der Waals surface area contributed by atoms with E-state index in [0.717, 1.165) is 12.5 Å². The molecule has 0 heterocycles. The maximum Gasteiger partial charge on any atom is 0.338 e. The van der Waals surface area contributed by atoms with Crippen molar-refractivity contribution in [3.05, 3.63) is 70.8 Å². The highest BCUT2D eigenvalue weighted by Gasteiger charge is 2.14. The Labute approximate surface area is 186 Å². The van der Waals surface area contributed by atoms with Crippen LogP contribution in [0.5, 0.6) is 0 Å². The molecule has 0 radical (unpaired) electrons. The predicted octanol–water partition coefficient (Wildman–Crippen LogP) is 1.36. The average Bonchev–Trinajstić information content (AvgIpc) is 2.69. The number of ketones is 1. The first-order valence-corrected chi connectivity index (χ1v) is 13.3. The summed E-state index contributed by atoms with van der Waals surface area (Å²) in [5.41, 5.74) is 1.30. The van der Waals surface area contributed by atoms with Gasteiger partial charge in [-0.25, -0.2) is 26.4 Å². The number of rotatable bonds is 10. The fourth-order valence-corrected chi connectivity index (χ4v) is 4.18. The van der Waals surface area contributed by atoms with Crippen molar-refractivity contribution in [2.75, 3.05) is 25.7 Å². The average molecular weight is 483 g/mol. The van der Waals surface area contributed by atoms with Crippen LogP contribution in [0.15, 0.2) is 48.5 Å². The zero-order valence-electron chi connectivity index (χ0n) is 17.4. The van der Waals surface area contributed by atoms with Crippen LogP contribution in [-0.4, -0.2) is 60.3 Å². The molecule has 0 amide bonds. The summed E-state index contributed by atoms with van der Waals surface area (Å²) in [5, 5.41) is 0. The highest BCUT2D eigenvalue weighted by Crippen LogP contribution is 2.10. The second-order valence-corrected chi connectivity index (χ2v) is 11.5. The van der Waals surface area contributed by atoms with E-state index >= 15 is 0 Å². The van der Waals surface area contributed by atoms with Crippen LogP contribution in [0.1, 0.15) is 31.8 Å². The summed E-state index contributed by atoms with van der Waals surface area (Å²) < 4.78 is 54.9. The minimum absolute atomic E-state index is 0.140. The molecule has 9 nitrogen and oxygen atoms in total. The van der Waals surface area contributed by atoms with Crippen molar-refractivity contribution in [1.82, 2.24) is 0 Å². The van der Waals surface area contributed by atoms with E-state index in [4.69, 9.17) is 9.47 Å². The lowest BCUT2D eigenvalue weighted by Gasteiger charge is -2.07. The molecule has 0 fully saturated rings. The summed E-state index contributed by atoms with van der Waals surface area (Å²) in [5.74, 6) is -2.53. The standard InChI is InChI=1S/C21H22O9S2/c1-31(25,26)13-15-3-7-17(8-4-15)20(23)29-11-19(22)12-30-21(24)18-9-5-16(6-10-18)14-32(2,27)28/h3-10H,11-14H2,1-2H3. The molecule has 0 unspecified atom stereocenters. The number of ether oxygens (including phenoxy) is 2. The third-order valence-electron chi connectivity index (χ3n) is 3.97. The fourth-order valence-electron chi connectivity index (χ4n) is 2.58. The Bertz CT molecular complexity index is 1100. The number of carbonyl (C=O) groups is 3. The number of esters is 2. The Kier molecular flexibility index (Phi) is 8.28. The van der Waals surface area contributed by atoms with Crippen LogP contribution >= 0.6 is 0 Å². The topological polar surface area (TPSA) is 138 Å². The number of hydrogen-bond donors (Lipinski definition) is 0. The van der Waals surface area contributed by atoms with E-state index < -0.39 is 50.6 Å². The van der Waals surface area contributed by atoms with E-state index in [0.29, 0.717) is 11.1 Å². The highest BCUT2D eigenvalue weighted by atomic mass is 32.2. The zero-order valence-corrected chi connectivity index (χ0v) is 19.1. The number of carbonyl (C=O) groups excluding carboxylic acids is 3. The molecule has 0 saturated heterocycles. The summed E-state index contributed by atoms with van der Waals surface area (Å²) >= 11 is 0. The largest absolute Gasteiger partial charge is 0.454 e. The third-order valence-corrected chi connectivity index (χ3v) is 5.68. The van der Waals surface area contributed by atoms with Gasteiger partial charge in [-0.1, -0.05) is 24.3 Å². The predicted molar refractivity (Wildman–Crippen MR) is 116 cm³/mol. The van der Waals surface area contributed by atoms with Crippen LogP contribution in [0.4, 0.5) is 0 Å². The van der Waals surface area contributed by atoms with Gasteiger partial charge in [-0.3, -0.25) is 4.79 Å². The van der Waals surface area contributed by atoms with Gasteiger partial charge >= 0.3 is 11.9 Å². The van der Waals surface area contributed by atoms with Crippen LogP contribution in [-0.2, 0) is 45.4 Å². The Balaban J connectivity index is 1.80. The summed E-state index contributed by atoms with van der Waals surface area (Å²) in [6, 6.07) is 11.5. The molecule has 0 aliphatic carbocycles. The van der Waals surface area contributed by atoms with E-state index in [1.807, 2.05) is 0 Å². The van der Waals surface area contributed by atoms with Crippen LogP contribution in [0.3, 0.4) is 0 Å². The van der Waals surface area contributed by atoms with Gasteiger partial charge < -0.3 is 9.47 Å². The Morgan fingerprint density at radius 3 is 1.22 bits per heavy atom. The molecule has 2 aromatic rings. The van der Waals surface area contributed by atoms with Crippen molar-refractivity contribution in [3.8, 4) is 0 Å². The molecule has 0 aliphatic rings. The maximum absolute atomic E-state index is 12.0. The number of Topliss-reactive ketones (excluding diaryl/α,β-unsaturated/α-hetero) is 1. The second kappa shape index (κ2) is 10.5. The quantitative estimate of drug-likeness (QED) is 0.459. The van der Waals surface area contributed by atoms with Gasteiger partial charge in [-0.05, 0) is 35.4 Å². The molecule has 0 aromatic heterocycles. The molecule has 32 heavy (non-hydrogen) atoms. The van der Waals surface area contributed by atoms with Crippen LogP contribution in [0.25, 0.3) is 0 Å². The van der Waals surface area contributed by atoms with E-state index in [1.165, 1.54) is 48.5 Å². The first-order valence-electron chi connectivity index (χ1n) is 9.22. The second-order valence-electron chi connectivity index (χ2n) is 7.22. The molecule has 11 heteroatoms. The normalized spacial score (nSPS) is 11.6. The summed E-state index contributed by atoms with van der Waals surface area (Å²) in [4.78, 5) is 35.8. The fraction of sp³-hybridized carbons (Fsp3) is 0.286. The number of sulfone groups is 2. The first kappa shape index (κ1) is 25.2. The highest BCUT2D eigenvalue weighted by molar-refractivity contribution is 7.90. The monoisotopic (exact) mass is 482 g/mol. The minimum atomic E-state index is -3.20. The molecule has 0 bridgehead atoms. The molecular weight excluding hydrogens is 460 g/mol. The smallest absolute Gasteiger partial charge is 0.338 e. The van der Waals surface area contributed by atoms with Crippen LogP contribution in [0, 0.1) is 0 Å². The van der Waals surface area contributed by atoms with Gasteiger partial charge in [0.1, 0.15) is 0 Å². The SMILES string of the molecule is CS(=O)(=O)Cc1ccc(C(=O)OCC(=O)COC(=O)c2ccc(CS(C)(=O)=O)cc2)cc1. The van der Waals surface area contributed by atoms with Crippen molar-refractivity contribution >= 4 is 37.4 Å². The van der Waals surface area contributed by atoms with Crippen LogP contribution < -0.4 is 0 Å². The maximum atomic E-state index is 12.0. The number of benzene rings is 2. The summed E-state index contributed by atoms with van der Waals surface area (Å²) in [6.45, 7) is -1.21. The van der Waals surface area contributed by atoms with Gasteiger partial charge in [0.05, 0.1) is 22.6 Å². The lowest BCUT2D eigenvalue weighted by atomic mass is 10.1. The molecule has 2 aromatic carbocycles. The lowest BCUT2D eigenvalue weighted by Crippen LogP contribution is -2.20. The lowest BCUT2D eigenvalue weighted by molar-refractivity contribution is -0.125. The van der Waals surface area contributed by atoms with Crippen LogP contribution in [0.2, 0.25) is 0 Å². The van der Waals surface area contributed by atoms with Crippen molar-refractivity contribution in [2.45, 2.75) is 11.5 Å². The van der Waals surface area contributed by atoms with Crippen molar-refractivity contribution in [1.29, 1.82) is 0 Å². The molecular formula is C21H22O9S2. The summed E-state index contributed by atoms with van der Waals surface area (Å²) in [7, 11) is -6.40. The minimum Gasteiger partial charge on any atom is -0.454 e. The Morgan fingerprint density at radius 2 is 0.938 bits per heavy atom. The zero-order chi connectivity index (χ0) is 23.9. The van der Waals surface area contributed by atoms with Gasteiger partial charge in [-0.2, -0.15) is 0 Å². The van der Waals surface area contributed by atoms with Crippen molar-refractivity contribution in [2.24, 2.45) is 0 Å². The first-order chi connectivity index (χ1) is 14.8. The Morgan fingerprint density at radius 1 is 0.625 bits per heavy atom. The molecule has 0 aliphatic heterocycles. The van der Waals surface area contributed by atoms with E-state index in [1.54, 1.807) is 0 Å². The van der Waals surface area contributed by atoms with E-state index in [-0.39, 0.29) is 22.6 Å². The molecule has 0 saturated carbocycles. The van der Waals surface area contributed by atoms with Gasteiger partial charge in [0.2, 0.25) is 5.78 Å². The molecule has 172 valence electrons. The van der Waals surface area contributed by atoms with E-state index in [2.05, 4.69) is 0 Å².